The fourth-order valence-corrected chi connectivity index (χ4v) is 6.54. The van der Waals surface area contributed by atoms with Gasteiger partial charge in [0.05, 0.1) is 49.5 Å². The Bertz CT molecular complexity index is 632. The summed E-state index contributed by atoms with van der Waals surface area (Å²) in [5.74, 6) is 1.64. The molecule has 0 radical (unpaired) electrons. The number of ether oxygens (including phenoxy) is 4. The molecule has 6 aliphatic rings. The van der Waals surface area contributed by atoms with Crippen molar-refractivity contribution in [1.29, 1.82) is 0 Å². The smallest absolute Gasteiger partial charge is 0.309 e. The van der Waals surface area contributed by atoms with Crippen LogP contribution in [0.1, 0.15) is 39.5 Å². The molecule has 2 saturated heterocycles. The van der Waals surface area contributed by atoms with Gasteiger partial charge in [-0.3, -0.25) is 9.59 Å². The second kappa shape index (κ2) is 5.47. The molecule has 0 aromatic carbocycles. The molecule has 0 N–H and O–H groups in total. The summed E-state index contributed by atoms with van der Waals surface area (Å²) in [4.78, 5) is 25.0. The van der Waals surface area contributed by atoms with E-state index in [2.05, 4.69) is 0 Å². The molecule has 10 atom stereocenters. The summed E-state index contributed by atoms with van der Waals surface area (Å²) >= 11 is 0. The third kappa shape index (κ3) is 2.59. The number of rotatable bonds is 6. The van der Waals surface area contributed by atoms with Crippen LogP contribution in [0.2, 0.25) is 0 Å². The van der Waals surface area contributed by atoms with E-state index < -0.39 is 0 Å². The molecular formula is C21H28O6. The van der Waals surface area contributed by atoms with Crippen LogP contribution >= 0.6 is 0 Å². The van der Waals surface area contributed by atoms with E-state index in [-0.39, 0.29) is 42.4 Å². The Balaban J connectivity index is 0.978. The Morgan fingerprint density at radius 1 is 0.778 bits per heavy atom. The summed E-state index contributed by atoms with van der Waals surface area (Å²) in [6.45, 7) is 4.53. The van der Waals surface area contributed by atoms with Crippen LogP contribution in [-0.4, -0.2) is 49.6 Å². The van der Waals surface area contributed by atoms with Gasteiger partial charge in [0.25, 0.3) is 0 Å². The highest BCUT2D eigenvalue weighted by atomic mass is 16.6. The standard InChI is InChI=1S/C21H28O6/c1-21(2,7-24-19(22)13-5-9-3-11(13)17-15(9)26-17)8-25-20(23)14-6-10-4-12(14)18-16(10)27-18/h9-18H,3-8H2,1-2H3/t9?,10?,11?,12?,13?,14?,15?,16?,17-,18?/m1/s1. The minimum atomic E-state index is -0.377. The lowest BCUT2D eigenvalue weighted by atomic mass is 9.88. The quantitative estimate of drug-likeness (QED) is 0.521. The van der Waals surface area contributed by atoms with E-state index in [1.807, 2.05) is 13.8 Å². The van der Waals surface area contributed by atoms with Crippen LogP contribution in [0.3, 0.4) is 0 Å². The lowest BCUT2D eigenvalue weighted by molar-refractivity contribution is -0.159. The minimum Gasteiger partial charge on any atom is -0.465 e. The Labute approximate surface area is 159 Å². The van der Waals surface area contributed by atoms with E-state index in [0.717, 1.165) is 25.7 Å². The summed E-state index contributed by atoms with van der Waals surface area (Å²) in [6, 6.07) is 0. The van der Waals surface area contributed by atoms with Crippen LogP contribution in [-0.2, 0) is 28.5 Å². The van der Waals surface area contributed by atoms with Crippen LogP contribution < -0.4 is 0 Å². The van der Waals surface area contributed by atoms with Crippen molar-refractivity contribution in [3.8, 4) is 0 Å². The average molecular weight is 376 g/mol. The van der Waals surface area contributed by atoms with Gasteiger partial charge in [-0.15, -0.1) is 0 Å². The molecule has 148 valence electrons. The first-order chi connectivity index (χ1) is 12.9. The number of epoxide rings is 2. The number of hydrogen-bond acceptors (Lipinski definition) is 6. The van der Waals surface area contributed by atoms with Gasteiger partial charge in [0.2, 0.25) is 0 Å². The highest BCUT2D eigenvalue weighted by molar-refractivity contribution is 5.74. The normalized spacial score (nSPS) is 50.3. The largest absolute Gasteiger partial charge is 0.465 e. The molecule has 4 aliphatic carbocycles. The number of esters is 2. The Kier molecular flexibility index (Phi) is 3.40. The third-order valence-corrected chi connectivity index (χ3v) is 8.01. The van der Waals surface area contributed by atoms with Crippen LogP contribution in [0.4, 0.5) is 0 Å². The fraction of sp³-hybridized carbons (Fsp3) is 0.905. The Morgan fingerprint density at radius 3 is 1.59 bits per heavy atom. The molecule has 27 heavy (non-hydrogen) atoms. The molecule has 0 aromatic heterocycles. The Hall–Kier alpha value is -1.14. The van der Waals surface area contributed by atoms with Gasteiger partial charge in [0.1, 0.15) is 0 Å². The molecule has 2 heterocycles. The molecule has 2 aliphatic heterocycles. The SMILES string of the molecule is CC(C)(COC(=O)C1CC2CC1C1OC21)COC(=O)C1CC2CC1[C@H]1OC21. The van der Waals surface area contributed by atoms with Gasteiger partial charge in [-0.05, 0) is 37.5 Å². The van der Waals surface area contributed by atoms with E-state index in [9.17, 15) is 9.59 Å². The highest BCUT2D eigenvalue weighted by Crippen LogP contribution is 2.60. The molecule has 0 aromatic rings. The van der Waals surface area contributed by atoms with Crippen molar-refractivity contribution in [2.24, 2.45) is 40.9 Å². The van der Waals surface area contributed by atoms with Gasteiger partial charge in [0.15, 0.2) is 0 Å². The molecule has 6 rings (SSSR count). The van der Waals surface area contributed by atoms with Gasteiger partial charge < -0.3 is 18.9 Å². The molecule has 9 unspecified atom stereocenters. The van der Waals surface area contributed by atoms with Crippen molar-refractivity contribution >= 4 is 11.9 Å². The summed E-state index contributed by atoms with van der Waals surface area (Å²) in [5.41, 5.74) is -0.377. The van der Waals surface area contributed by atoms with Crippen molar-refractivity contribution in [2.75, 3.05) is 13.2 Å². The Morgan fingerprint density at radius 2 is 1.22 bits per heavy atom. The topological polar surface area (TPSA) is 77.7 Å². The van der Waals surface area contributed by atoms with Gasteiger partial charge in [-0.2, -0.15) is 0 Å². The first-order valence-corrected chi connectivity index (χ1v) is 10.6. The second-order valence-electron chi connectivity index (χ2n) is 10.5. The van der Waals surface area contributed by atoms with Crippen LogP contribution in [0.15, 0.2) is 0 Å². The molecule has 0 spiro atoms. The van der Waals surface area contributed by atoms with E-state index >= 15 is 0 Å². The zero-order valence-corrected chi connectivity index (χ0v) is 16.0. The maximum absolute atomic E-state index is 12.5. The molecule has 6 fully saturated rings. The zero-order chi connectivity index (χ0) is 18.5. The van der Waals surface area contributed by atoms with Gasteiger partial charge in [-0.25, -0.2) is 0 Å². The number of hydrogen-bond donors (Lipinski definition) is 0. The lowest BCUT2D eigenvalue weighted by Crippen LogP contribution is -2.34. The van der Waals surface area contributed by atoms with Crippen molar-refractivity contribution in [3.63, 3.8) is 0 Å². The minimum absolute atomic E-state index is 0.00220. The second-order valence-corrected chi connectivity index (χ2v) is 10.5. The van der Waals surface area contributed by atoms with Gasteiger partial charge in [-0.1, -0.05) is 13.8 Å². The number of carbonyl (C=O) groups is 2. The molecule has 6 heteroatoms. The molecular weight excluding hydrogens is 348 g/mol. The van der Waals surface area contributed by atoms with Gasteiger partial charge >= 0.3 is 11.9 Å². The summed E-state index contributed by atoms with van der Waals surface area (Å²) in [7, 11) is 0. The lowest BCUT2D eigenvalue weighted by Gasteiger charge is -2.27. The number of carbonyl (C=O) groups excluding carboxylic acids is 2. The summed E-state index contributed by atoms with van der Waals surface area (Å²) in [6.07, 6.45) is 5.53. The number of fused-ring (bicyclic) bond motifs is 10. The van der Waals surface area contributed by atoms with Crippen molar-refractivity contribution in [2.45, 2.75) is 63.9 Å². The first kappa shape index (κ1) is 16.8. The van der Waals surface area contributed by atoms with E-state index in [1.54, 1.807) is 0 Å². The van der Waals surface area contributed by atoms with Crippen molar-refractivity contribution < 1.29 is 28.5 Å². The molecule has 0 amide bonds. The molecule has 4 bridgehead atoms. The zero-order valence-electron chi connectivity index (χ0n) is 16.0. The van der Waals surface area contributed by atoms with Crippen LogP contribution in [0.5, 0.6) is 0 Å². The van der Waals surface area contributed by atoms with E-state index in [4.69, 9.17) is 18.9 Å². The molecule has 6 nitrogen and oxygen atoms in total. The maximum atomic E-state index is 12.5. The summed E-state index contributed by atoms with van der Waals surface area (Å²) < 4.78 is 22.5. The predicted molar refractivity (Wildman–Crippen MR) is 92.4 cm³/mol. The van der Waals surface area contributed by atoms with E-state index in [0.29, 0.717) is 48.1 Å². The third-order valence-electron chi connectivity index (χ3n) is 8.01. The van der Waals surface area contributed by atoms with Crippen molar-refractivity contribution in [1.82, 2.24) is 0 Å². The molecule has 4 saturated carbocycles. The monoisotopic (exact) mass is 376 g/mol. The summed E-state index contributed by atoms with van der Waals surface area (Å²) in [5, 5.41) is 0. The fourth-order valence-electron chi connectivity index (χ4n) is 6.54. The predicted octanol–water partition coefficient (Wildman–Crippen LogP) is 1.95. The first-order valence-electron chi connectivity index (χ1n) is 10.6. The average Bonchev–Trinajstić information content (AvgIpc) is 3.48. The van der Waals surface area contributed by atoms with Crippen molar-refractivity contribution in [3.05, 3.63) is 0 Å². The van der Waals surface area contributed by atoms with Gasteiger partial charge in [0, 0.05) is 17.3 Å². The van der Waals surface area contributed by atoms with Crippen LogP contribution in [0, 0.1) is 40.9 Å². The van der Waals surface area contributed by atoms with E-state index in [1.165, 1.54) is 0 Å². The highest BCUT2D eigenvalue weighted by Gasteiger charge is 2.66. The van der Waals surface area contributed by atoms with Crippen LogP contribution in [0.25, 0.3) is 0 Å². The maximum Gasteiger partial charge on any atom is 0.309 e.